The molecule has 4 nitrogen and oxygen atoms in total. The first-order valence-corrected chi connectivity index (χ1v) is 8.56. The highest BCUT2D eigenvalue weighted by molar-refractivity contribution is 5.63. The van der Waals surface area contributed by atoms with Crippen molar-refractivity contribution in [2.24, 2.45) is 0 Å². The third kappa shape index (κ3) is 4.65. The summed E-state index contributed by atoms with van der Waals surface area (Å²) in [5.74, 6) is 0.968. The molecule has 1 aliphatic rings. The van der Waals surface area contributed by atoms with Crippen molar-refractivity contribution < 1.29 is 18.3 Å². The van der Waals surface area contributed by atoms with E-state index in [9.17, 15) is 8.78 Å². The van der Waals surface area contributed by atoms with Crippen molar-refractivity contribution in [2.75, 3.05) is 24.7 Å². The molecule has 2 aromatic carbocycles. The van der Waals surface area contributed by atoms with Gasteiger partial charge in [-0.2, -0.15) is 0 Å². The van der Waals surface area contributed by atoms with Gasteiger partial charge in [-0.25, -0.2) is 8.78 Å². The Kier molecular flexibility index (Phi) is 5.94. The van der Waals surface area contributed by atoms with E-state index in [0.29, 0.717) is 24.8 Å². The SMILES string of the molecule is CCN1C=CN(c2ccc(OCc3ccccc3)cc2OCC(F)F)C1. The maximum atomic E-state index is 12.6. The van der Waals surface area contributed by atoms with Crippen molar-refractivity contribution in [3.63, 3.8) is 0 Å². The lowest BCUT2D eigenvalue weighted by molar-refractivity contribution is 0.0819. The number of hydrogen-bond acceptors (Lipinski definition) is 4. The molecule has 138 valence electrons. The summed E-state index contributed by atoms with van der Waals surface area (Å²) in [4.78, 5) is 4.07. The molecule has 0 atom stereocenters. The zero-order chi connectivity index (χ0) is 18.4. The van der Waals surface area contributed by atoms with Gasteiger partial charge in [-0.15, -0.1) is 0 Å². The number of anilines is 1. The molecule has 1 heterocycles. The Morgan fingerprint density at radius 2 is 1.85 bits per heavy atom. The number of rotatable bonds is 8. The van der Waals surface area contributed by atoms with Gasteiger partial charge in [0.15, 0.2) is 0 Å². The molecule has 26 heavy (non-hydrogen) atoms. The largest absolute Gasteiger partial charge is 0.489 e. The lowest BCUT2D eigenvalue weighted by Gasteiger charge is -2.23. The van der Waals surface area contributed by atoms with Crippen LogP contribution in [-0.2, 0) is 6.61 Å². The van der Waals surface area contributed by atoms with Crippen LogP contribution in [0.25, 0.3) is 0 Å². The van der Waals surface area contributed by atoms with Gasteiger partial charge in [-0.05, 0) is 24.6 Å². The summed E-state index contributed by atoms with van der Waals surface area (Å²) in [5, 5.41) is 0. The zero-order valence-electron chi connectivity index (χ0n) is 14.6. The molecule has 0 unspecified atom stereocenters. The molecule has 0 spiro atoms. The normalized spacial score (nSPS) is 13.5. The fourth-order valence-electron chi connectivity index (χ4n) is 2.66. The van der Waals surface area contributed by atoms with E-state index >= 15 is 0 Å². The fourth-order valence-corrected chi connectivity index (χ4v) is 2.66. The summed E-state index contributed by atoms with van der Waals surface area (Å²) in [6.07, 6.45) is 1.35. The maximum Gasteiger partial charge on any atom is 0.272 e. The quantitative estimate of drug-likeness (QED) is 0.693. The van der Waals surface area contributed by atoms with Crippen molar-refractivity contribution in [3.8, 4) is 11.5 Å². The van der Waals surface area contributed by atoms with E-state index in [1.54, 1.807) is 6.07 Å². The number of hydrogen-bond donors (Lipinski definition) is 0. The van der Waals surface area contributed by atoms with Gasteiger partial charge in [-0.3, -0.25) is 0 Å². The first-order valence-electron chi connectivity index (χ1n) is 8.56. The van der Waals surface area contributed by atoms with Crippen molar-refractivity contribution in [1.82, 2.24) is 4.90 Å². The standard InChI is InChI=1S/C20H22F2N2O2/c1-2-23-10-11-24(15-23)18-9-8-17(12-19(18)26-14-20(21)22)25-13-16-6-4-3-5-7-16/h3-12,20H,2,13-15H2,1H3. The number of nitrogens with zero attached hydrogens (tertiary/aromatic N) is 2. The number of halogens is 2. The minimum absolute atomic E-state index is 0.387. The lowest BCUT2D eigenvalue weighted by atomic mass is 10.2. The molecule has 0 aliphatic carbocycles. The van der Waals surface area contributed by atoms with Crippen LogP contribution in [-0.4, -0.2) is 31.1 Å². The van der Waals surface area contributed by atoms with Crippen LogP contribution in [0.15, 0.2) is 60.9 Å². The Bertz CT molecular complexity index is 738. The summed E-state index contributed by atoms with van der Waals surface area (Å²) in [7, 11) is 0. The summed E-state index contributed by atoms with van der Waals surface area (Å²) in [6, 6.07) is 15.1. The van der Waals surface area contributed by atoms with Crippen molar-refractivity contribution in [1.29, 1.82) is 0 Å². The predicted molar refractivity (Wildman–Crippen MR) is 97.6 cm³/mol. The highest BCUT2D eigenvalue weighted by Gasteiger charge is 2.18. The summed E-state index contributed by atoms with van der Waals surface area (Å²) >= 11 is 0. The third-order valence-corrected chi connectivity index (χ3v) is 4.05. The van der Waals surface area contributed by atoms with Crippen molar-refractivity contribution >= 4 is 5.69 Å². The van der Waals surface area contributed by atoms with Gasteiger partial charge in [0, 0.05) is 25.0 Å². The van der Waals surface area contributed by atoms with Crippen LogP contribution in [0.4, 0.5) is 14.5 Å². The molecule has 0 N–H and O–H groups in total. The molecule has 6 heteroatoms. The van der Waals surface area contributed by atoms with Gasteiger partial charge in [0.1, 0.15) is 24.7 Å². The van der Waals surface area contributed by atoms with Crippen LogP contribution in [0, 0.1) is 0 Å². The second kappa shape index (κ2) is 8.56. The molecule has 0 radical (unpaired) electrons. The Hall–Kier alpha value is -2.76. The topological polar surface area (TPSA) is 24.9 Å². The Balaban J connectivity index is 1.75. The molecule has 0 saturated carbocycles. The second-order valence-corrected chi connectivity index (χ2v) is 5.92. The van der Waals surface area contributed by atoms with E-state index in [0.717, 1.165) is 17.8 Å². The van der Waals surface area contributed by atoms with Crippen LogP contribution in [0.1, 0.15) is 12.5 Å². The first-order chi connectivity index (χ1) is 12.7. The van der Waals surface area contributed by atoms with E-state index in [1.165, 1.54) is 0 Å². The Morgan fingerprint density at radius 3 is 2.54 bits per heavy atom. The maximum absolute atomic E-state index is 12.6. The van der Waals surface area contributed by atoms with Gasteiger partial charge in [0.05, 0.1) is 12.4 Å². The van der Waals surface area contributed by atoms with E-state index in [-0.39, 0.29) is 0 Å². The molecule has 0 amide bonds. The van der Waals surface area contributed by atoms with Gasteiger partial charge in [-0.1, -0.05) is 30.3 Å². The zero-order valence-corrected chi connectivity index (χ0v) is 14.6. The average molecular weight is 360 g/mol. The molecule has 0 aromatic heterocycles. The molecule has 0 saturated heterocycles. The number of benzene rings is 2. The van der Waals surface area contributed by atoms with Crippen LogP contribution in [0.3, 0.4) is 0 Å². The third-order valence-electron chi connectivity index (χ3n) is 4.05. The number of ether oxygens (including phenoxy) is 2. The monoisotopic (exact) mass is 360 g/mol. The first kappa shape index (κ1) is 18.0. The van der Waals surface area contributed by atoms with Gasteiger partial charge >= 0.3 is 0 Å². The molecule has 0 fully saturated rings. The second-order valence-electron chi connectivity index (χ2n) is 5.92. The smallest absolute Gasteiger partial charge is 0.272 e. The van der Waals surface area contributed by atoms with Crippen molar-refractivity contribution in [3.05, 3.63) is 66.5 Å². The van der Waals surface area contributed by atoms with Crippen LogP contribution < -0.4 is 14.4 Å². The minimum Gasteiger partial charge on any atom is -0.489 e. The van der Waals surface area contributed by atoms with Gasteiger partial charge < -0.3 is 19.3 Å². The Labute approximate surface area is 152 Å². The van der Waals surface area contributed by atoms with Crippen LogP contribution in [0.5, 0.6) is 11.5 Å². The van der Waals surface area contributed by atoms with E-state index in [2.05, 4.69) is 11.8 Å². The molecule has 1 aliphatic heterocycles. The highest BCUT2D eigenvalue weighted by atomic mass is 19.3. The van der Waals surface area contributed by atoms with Gasteiger partial charge in [0.2, 0.25) is 0 Å². The minimum atomic E-state index is -2.53. The predicted octanol–water partition coefficient (Wildman–Crippen LogP) is 4.48. The summed E-state index contributed by atoms with van der Waals surface area (Å²) < 4.78 is 36.4. The van der Waals surface area contributed by atoms with E-state index < -0.39 is 13.0 Å². The van der Waals surface area contributed by atoms with E-state index in [4.69, 9.17) is 9.47 Å². The van der Waals surface area contributed by atoms with Gasteiger partial charge in [0.25, 0.3) is 6.43 Å². The summed E-state index contributed by atoms with van der Waals surface area (Å²) in [5.41, 5.74) is 1.78. The molecular formula is C20H22F2N2O2. The summed E-state index contributed by atoms with van der Waals surface area (Å²) in [6.45, 7) is 3.35. The lowest BCUT2D eigenvalue weighted by Crippen LogP contribution is -2.25. The number of alkyl halides is 2. The molecule has 2 aromatic rings. The molecule has 3 rings (SSSR count). The molecule has 0 bridgehead atoms. The fraction of sp³-hybridized carbons (Fsp3) is 0.300. The highest BCUT2D eigenvalue weighted by Crippen LogP contribution is 2.34. The van der Waals surface area contributed by atoms with E-state index in [1.807, 2.05) is 59.8 Å². The average Bonchev–Trinajstić information content (AvgIpc) is 3.14. The molecular weight excluding hydrogens is 338 g/mol. The Morgan fingerprint density at radius 1 is 1.04 bits per heavy atom. The van der Waals surface area contributed by atoms with Crippen LogP contribution >= 0.6 is 0 Å². The van der Waals surface area contributed by atoms with Crippen LogP contribution in [0.2, 0.25) is 0 Å². The van der Waals surface area contributed by atoms with Crippen molar-refractivity contribution in [2.45, 2.75) is 20.0 Å².